The predicted octanol–water partition coefficient (Wildman–Crippen LogP) is 2.56. The third-order valence-electron chi connectivity index (χ3n) is 2.38. The summed E-state index contributed by atoms with van der Waals surface area (Å²) in [5.74, 6) is 0. The van der Waals surface area contributed by atoms with Crippen LogP contribution in [0.25, 0.3) is 5.69 Å². The summed E-state index contributed by atoms with van der Waals surface area (Å²) in [5.41, 5.74) is 2.49. The van der Waals surface area contributed by atoms with Crippen LogP contribution in [0.3, 0.4) is 0 Å². The molecule has 0 spiro atoms. The van der Waals surface area contributed by atoms with E-state index in [-0.39, 0.29) is 5.41 Å². The zero-order valence-electron chi connectivity index (χ0n) is 9.31. The first kappa shape index (κ1) is 9.90. The molecule has 0 saturated heterocycles. The molecule has 0 N–H and O–H groups in total. The van der Waals surface area contributed by atoms with Gasteiger partial charge in [-0.05, 0) is 17.0 Å². The van der Waals surface area contributed by atoms with Crippen molar-refractivity contribution >= 4 is 0 Å². The molecule has 0 unspecified atom stereocenters. The van der Waals surface area contributed by atoms with Crippen molar-refractivity contribution in [1.29, 1.82) is 0 Å². The summed E-state index contributed by atoms with van der Waals surface area (Å²) in [4.78, 5) is 0. The molecule has 0 aliphatic carbocycles. The van der Waals surface area contributed by atoms with E-state index >= 15 is 0 Å². The average Bonchev–Trinajstić information content (AvgIpc) is 2.69. The molecule has 2 rings (SSSR count). The largest absolute Gasteiger partial charge is 0.220 e. The molecule has 0 amide bonds. The van der Waals surface area contributed by atoms with Crippen LogP contribution in [0.1, 0.15) is 26.3 Å². The van der Waals surface area contributed by atoms with Crippen LogP contribution in [0, 0.1) is 0 Å². The quantitative estimate of drug-likeness (QED) is 0.710. The summed E-state index contributed by atoms with van der Waals surface area (Å²) in [5, 5.41) is 7.86. The van der Waals surface area contributed by atoms with E-state index in [0.717, 1.165) is 5.69 Å². The van der Waals surface area contributed by atoms with E-state index in [1.165, 1.54) is 5.56 Å². The second-order valence-electron chi connectivity index (χ2n) is 4.61. The van der Waals surface area contributed by atoms with E-state index in [2.05, 4.69) is 49.3 Å². The minimum Gasteiger partial charge on any atom is -0.220 e. The summed E-state index contributed by atoms with van der Waals surface area (Å²) < 4.78 is 1.81. The molecular formula is C12H15N3. The van der Waals surface area contributed by atoms with E-state index in [4.69, 9.17) is 0 Å². The lowest BCUT2D eigenvalue weighted by molar-refractivity contribution is 0.582. The Kier molecular flexibility index (Phi) is 2.31. The molecule has 0 saturated carbocycles. The fraction of sp³-hybridized carbons (Fsp3) is 0.333. The summed E-state index contributed by atoms with van der Waals surface area (Å²) in [6.45, 7) is 6.59. The summed E-state index contributed by atoms with van der Waals surface area (Å²) in [6, 6.07) is 8.28. The number of hydrogen-bond donors (Lipinski definition) is 0. The summed E-state index contributed by atoms with van der Waals surface area (Å²) in [7, 11) is 0. The minimum absolute atomic E-state index is 0.114. The third-order valence-corrected chi connectivity index (χ3v) is 2.38. The highest BCUT2D eigenvalue weighted by molar-refractivity contribution is 5.43. The maximum Gasteiger partial charge on any atom is 0.0700 e. The highest BCUT2D eigenvalue weighted by atomic mass is 15.4. The molecule has 1 aromatic heterocycles. The molecular weight excluding hydrogens is 186 g/mol. The van der Waals surface area contributed by atoms with Crippen molar-refractivity contribution in [2.45, 2.75) is 26.2 Å². The van der Waals surface area contributed by atoms with Gasteiger partial charge in [-0.2, -0.15) is 0 Å². The lowest BCUT2D eigenvalue weighted by Gasteiger charge is -2.22. The molecule has 0 bridgehead atoms. The van der Waals surface area contributed by atoms with E-state index in [9.17, 15) is 0 Å². The molecule has 1 heterocycles. The van der Waals surface area contributed by atoms with Crippen LogP contribution in [0.2, 0.25) is 0 Å². The van der Waals surface area contributed by atoms with Crippen LogP contribution < -0.4 is 0 Å². The number of para-hydroxylation sites is 1. The Morgan fingerprint density at radius 1 is 1.13 bits per heavy atom. The topological polar surface area (TPSA) is 30.7 Å². The number of rotatable bonds is 1. The molecule has 3 nitrogen and oxygen atoms in total. The lowest BCUT2D eigenvalue weighted by Crippen LogP contribution is -2.15. The maximum absolute atomic E-state index is 4.03. The predicted molar refractivity (Wildman–Crippen MR) is 60.1 cm³/mol. The Morgan fingerprint density at radius 2 is 1.87 bits per heavy atom. The molecule has 0 aliphatic rings. The maximum atomic E-state index is 4.03. The molecule has 0 atom stereocenters. The van der Waals surface area contributed by atoms with Gasteiger partial charge in [-0.1, -0.05) is 44.2 Å². The van der Waals surface area contributed by atoms with Crippen molar-refractivity contribution in [1.82, 2.24) is 15.0 Å². The van der Waals surface area contributed by atoms with Gasteiger partial charge in [-0.15, -0.1) is 5.10 Å². The average molecular weight is 201 g/mol. The smallest absolute Gasteiger partial charge is 0.0700 e. The Bertz CT molecular complexity index is 438. The summed E-state index contributed by atoms with van der Waals surface area (Å²) in [6.07, 6.45) is 3.56. The van der Waals surface area contributed by atoms with E-state index in [0.29, 0.717) is 0 Å². The van der Waals surface area contributed by atoms with Gasteiger partial charge in [-0.3, -0.25) is 0 Å². The number of benzene rings is 1. The fourth-order valence-electron chi connectivity index (χ4n) is 1.64. The Labute approximate surface area is 89.7 Å². The zero-order chi connectivity index (χ0) is 10.9. The highest BCUT2D eigenvalue weighted by Crippen LogP contribution is 2.27. The lowest BCUT2D eigenvalue weighted by atomic mass is 9.86. The monoisotopic (exact) mass is 201 g/mol. The first-order valence-corrected chi connectivity index (χ1v) is 5.05. The van der Waals surface area contributed by atoms with Crippen LogP contribution in [0.15, 0.2) is 36.7 Å². The second kappa shape index (κ2) is 3.50. The molecule has 78 valence electrons. The standard InChI is InChI=1S/C12H15N3/c1-12(2,3)10-6-4-5-7-11(10)15-9-8-13-14-15/h4-9H,1-3H3. The van der Waals surface area contributed by atoms with Crippen LogP contribution in [0.4, 0.5) is 0 Å². The van der Waals surface area contributed by atoms with E-state index < -0.39 is 0 Å². The van der Waals surface area contributed by atoms with E-state index in [1.54, 1.807) is 10.9 Å². The Morgan fingerprint density at radius 3 is 2.47 bits per heavy atom. The van der Waals surface area contributed by atoms with Gasteiger partial charge < -0.3 is 0 Å². The van der Waals surface area contributed by atoms with Gasteiger partial charge in [0.15, 0.2) is 0 Å². The minimum atomic E-state index is 0.114. The number of aromatic nitrogens is 3. The normalized spacial score (nSPS) is 11.7. The number of hydrogen-bond acceptors (Lipinski definition) is 2. The van der Waals surface area contributed by atoms with Crippen LogP contribution in [-0.2, 0) is 5.41 Å². The summed E-state index contributed by atoms with van der Waals surface area (Å²) >= 11 is 0. The number of nitrogens with zero attached hydrogens (tertiary/aromatic N) is 3. The second-order valence-corrected chi connectivity index (χ2v) is 4.61. The van der Waals surface area contributed by atoms with Gasteiger partial charge in [0.05, 0.1) is 18.1 Å². The zero-order valence-corrected chi connectivity index (χ0v) is 9.31. The van der Waals surface area contributed by atoms with Crippen LogP contribution in [-0.4, -0.2) is 15.0 Å². The SMILES string of the molecule is CC(C)(C)c1ccccc1-n1ccnn1. The Balaban J connectivity index is 2.58. The molecule has 2 aromatic rings. The van der Waals surface area contributed by atoms with Crippen molar-refractivity contribution in [3.8, 4) is 5.69 Å². The van der Waals surface area contributed by atoms with Crippen molar-refractivity contribution in [3.63, 3.8) is 0 Å². The van der Waals surface area contributed by atoms with Gasteiger partial charge >= 0.3 is 0 Å². The third kappa shape index (κ3) is 1.91. The molecule has 0 aliphatic heterocycles. The van der Waals surface area contributed by atoms with Gasteiger partial charge in [0.2, 0.25) is 0 Å². The van der Waals surface area contributed by atoms with Crippen molar-refractivity contribution in [2.75, 3.05) is 0 Å². The first-order chi connectivity index (χ1) is 7.09. The molecule has 3 heteroatoms. The van der Waals surface area contributed by atoms with Gasteiger partial charge in [0, 0.05) is 0 Å². The molecule has 0 radical (unpaired) electrons. The first-order valence-electron chi connectivity index (χ1n) is 5.05. The Hall–Kier alpha value is -1.64. The van der Waals surface area contributed by atoms with E-state index in [1.807, 2.05) is 12.3 Å². The molecule has 15 heavy (non-hydrogen) atoms. The van der Waals surface area contributed by atoms with Crippen molar-refractivity contribution < 1.29 is 0 Å². The highest BCUT2D eigenvalue weighted by Gasteiger charge is 2.18. The van der Waals surface area contributed by atoms with Crippen molar-refractivity contribution in [3.05, 3.63) is 42.2 Å². The van der Waals surface area contributed by atoms with Gasteiger partial charge in [0.25, 0.3) is 0 Å². The fourth-order valence-corrected chi connectivity index (χ4v) is 1.64. The molecule has 0 fully saturated rings. The van der Waals surface area contributed by atoms with Gasteiger partial charge in [0.1, 0.15) is 0 Å². The van der Waals surface area contributed by atoms with Crippen LogP contribution >= 0.6 is 0 Å². The van der Waals surface area contributed by atoms with Gasteiger partial charge in [-0.25, -0.2) is 4.68 Å². The van der Waals surface area contributed by atoms with Crippen LogP contribution in [0.5, 0.6) is 0 Å². The molecule has 1 aromatic carbocycles. The van der Waals surface area contributed by atoms with Crippen molar-refractivity contribution in [2.24, 2.45) is 0 Å².